The maximum Gasteiger partial charge on any atom is 0.318 e. The largest absolute Gasteiger partial charge is 0.461 e. The van der Waals surface area contributed by atoms with E-state index in [0.29, 0.717) is 17.2 Å². The van der Waals surface area contributed by atoms with Crippen molar-refractivity contribution in [2.75, 3.05) is 0 Å². The van der Waals surface area contributed by atoms with Gasteiger partial charge in [-0.25, -0.2) is 0 Å². The second kappa shape index (κ2) is 7.74. The normalized spacial score (nSPS) is 10.9. The van der Waals surface area contributed by atoms with Crippen molar-refractivity contribution in [3.05, 3.63) is 102 Å². The van der Waals surface area contributed by atoms with Gasteiger partial charge in [0.05, 0.1) is 6.26 Å². The number of carbonyl (C=O) groups is 1. The predicted molar refractivity (Wildman–Crippen MR) is 98.7 cm³/mol. The van der Waals surface area contributed by atoms with Gasteiger partial charge in [0.15, 0.2) is 5.76 Å². The summed E-state index contributed by atoms with van der Waals surface area (Å²) >= 11 is 0. The molecular weight excluding hydrogens is 342 g/mol. The van der Waals surface area contributed by atoms with Crippen molar-refractivity contribution in [1.29, 1.82) is 0 Å². The first-order valence-electron chi connectivity index (χ1n) is 8.57. The zero-order valence-electron chi connectivity index (χ0n) is 14.4. The van der Waals surface area contributed by atoms with Gasteiger partial charge in [-0.2, -0.15) is 0 Å². The first-order valence-corrected chi connectivity index (χ1v) is 8.57. The quantitative estimate of drug-likeness (QED) is 0.462. The first-order chi connectivity index (χ1) is 13.3. The van der Waals surface area contributed by atoms with E-state index < -0.39 is 5.92 Å². The van der Waals surface area contributed by atoms with E-state index in [1.165, 1.54) is 0 Å². The van der Waals surface area contributed by atoms with Crippen molar-refractivity contribution in [3.8, 4) is 11.5 Å². The fraction of sp³-hybridized carbons (Fsp3) is 0.0909. The van der Waals surface area contributed by atoms with Crippen LogP contribution in [0.2, 0.25) is 0 Å². The van der Waals surface area contributed by atoms with E-state index in [2.05, 4.69) is 5.16 Å². The monoisotopic (exact) mass is 359 g/mol. The van der Waals surface area contributed by atoms with Crippen LogP contribution in [0.4, 0.5) is 0 Å². The van der Waals surface area contributed by atoms with Gasteiger partial charge in [-0.15, -0.1) is 0 Å². The van der Waals surface area contributed by atoms with E-state index in [9.17, 15) is 4.79 Å². The molecule has 4 aromatic rings. The van der Waals surface area contributed by atoms with Gasteiger partial charge >= 0.3 is 5.97 Å². The molecule has 0 aliphatic carbocycles. The third kappa shape index (κ3) is 3.82. The zero-order chi connectivity index (χ0) is 18.5. The number of furan rings is 1. The van der Waals surface area contributed by atoms with E-state index in [0.717, 1.165) is 11.1 Å². The average Bonchev–Trinajstić information content (AvgIpc) is 3.40. The molecule has 0 saturated carbocycles. The van der Waals surface area contributed by atoms with Crippen molar-refractivity contribution in [2.45, 2.75) is 12.5 Å². The third-order valence-corrected chi connectivity index (χ3v) is 4.19. The summed E-state index contributed by atoms with van der Waals surface area (Å²) in [5, 5.41) is 3.94. The van der Waals surface area contributed by atoms with Crippen LogP contribution in [0.1, 0.15) is 22.7 Å². The smallest absolute Gasteiger partial charge is 0.318 e. The predicted octanol–water partition coefficient (Wildman–Crippen LogP) is 4.81. The Bertz CT molecular complexity index is 952. The van der Waals surface area contributed by atoms with Crippen LogP contribution in [0.25, 0.3) is 11.5 Å². The maximum atomic E-state index is 12.9. The highest BCUT2D eigenvalue weighted by Gasteiger charge is 2.24. The summed E-state index contributed by atoms with van der Waals surface area (Å²) in [5.74, 6) is 0.235. The molecule has 27 heavy (non-hydrogen) atoms. The van der Waals surface area contributed by atoms with E-state index in [1.807, 2.05) is 60.7 Å². The zero-order valence-corrected chi connectivity index (χ0v) is 14.4. The Morgan fingerprint density at radius 2 is 1.56 bits per heavy atom. The molecule has 5 nitrogen and oxygen atoms in total. The third-order valence-electron chi connectivity index (χ3n) is 4.19. The summed E-state index contributed by atoms with van der Waals surface area (Å²) in [7, 11) is 0. The summed E-state index contributed by atoms with van der Waals surface area (Å²) in [4.78, 5) is 12.9. The van der Waals surface area contributed by atoms with E-state index >= 15 is 0 Å². The van der Waals surface area contributed by atoms with Crippen LogP contribution in [0.15, 0.2) is 94.1 Å². The Kier molecular flexibility index (Phi) is 4.83. The molecule has 0 saturated heterocycles. The lowest BCUT2D eigenvalue weighted by molar-refractivity contribution is -0.145. The van der Waals surface area contributed by atoms with Crippen LogP contribution < -0.4 is 0 Å². The van der Waals surface area contributed by atoms with Gasteiger partial charge in [0.1, 0.15) is 18.2 Å². The van der Waals surface area contributed by atoms with Crippen molar-refractivity contribution in [1.82, 2.24) is 5.16 Å². The molecule has 5 heteroatoms. The Balaban J connectivity index is 1.51. The van der Waals surface area contributed by atoms with Crippen LogP contribution in [-0.4, -0.2) is 11.1 Å². The second-order valence-electron chi connectivity index (χ2n) is 6.02. The minimum Gasteiger partial charge on any atom is -0.461 e. The number of benzene rings is 2. The Labute approximate surface area is 156 Å². The molecule has 2 aromatic heterocycles. The fourth-order valence-corrected chi connectivity index (χ4v) is 2.90. The fourth-order valence-electron chi connectivity index (χ4n) is 2.90. The number of aromatic nitrogens is 1. The lowest BCUT2D eigenvalue weighted by atomic mass is 9.91. The highest BCUT2D eigenvalue weighted by atomic mass is 16.5. The van der Waals surface area contributed by atoms with Gasteiger partial charge in [-0.3, -0.25) is 4.79 Å². The van der Waals surface area contributed by atoms with Crippen molar-refractivity contribution in [3.63, 3.8) is 0 Å². The summed E-state index contributed by atoms with van der Waals surface area (Å²) < 4.78 is 16.0. The number of rotatable bonds is 6. The number of esters is 1. The van der Waals surface area contributed by atoms with E-state index in [-0.39, 0.29) is 12.6 Å². The number of hydrogen-bond acceptors (Lipinski definition) is 5. The summed E-state index contributed by atoms with van der Waals surface area (Å²) in [6.45, 7) is 0.0270. The molecular formula is C22H17NO4. The Morgan fingerprint density at radius 1 is 0.889 bits per heavy atom. The molecule has 0 aliphatic rings. The second-order valence-corrected chi connectivity index (χ2v) is 6.02. The number of ether oxygens (including phenoxy) is 1. The van der Waals surface area contributed by atoms with Crippen molar-refractivity contribution in [2.24, 2.45) is 0 Å². The highest BCUT2D eigenvalue weighted by molar-refractivity contribution is 5.82. The van der Waals surface area contributed by atoms with Gasteiger partial charge in [0.25, 0.3) is 0 Å². The van der Waals surface area contributed by atoms with Gasteiger partial charge in [-0.05, 0) is 23.3 Å². The molecule has 0 spiro atoms. The summed E-state index contributed by atoms with van der Waals surface area (Å²) in [5.41, 5.74) is 2.28. The number of carbonyl (C=O) groups excluding carboxylic acids is 1. The van der Waals surface area contributed by atoms with Gasteiger partial charge in [0.2, 0.25) is 5.76 Å². The molecule has 0 aliphatic heterocycles. The van der Waals surface area contributed by atoms with Gasteiger partial charge in [0, 0.05) is 6.07 Å². The van der Waals surface area contributed by atoms with E-state index in [1.54, 1.807) is 24.5 Å². The standard InChI is InChI=1S/C22H17NO4/c24-22(26-15-18-14-20(27-23-18)19-12-7-13-25-19)21(16-8-3-1-4-9-16)17-10-5-2-6-11-17/h1-14,21H,15H2. The van der Waals surface area contributed by atoms with Gasteiger partial charge in [-0.1, -0.05) is 65.8 Å². The van der Waals surface area contributed by atoms with Crippen molar-refractivity contribution < 1.29 is 18.5 Å². The van der Waals surface area contributed by atoms with Crippen LogP contribution in [-0.2, 0) is 16.1 Å². The van der Waals surface area contributed by atoms with Crippen LogP contribution in [0.3, 0.4) is 0 Å². The molecule has 0 fully saturated rings. The molecule has 2 aromatic carbocycles. The highest BCUT2D eigenvalue weighted by Crippen LogP contribution is 2.27. The molecule has 134 valence electrons. The van der Waals surface area contributed by atoms with Crippen LogP contribution in [0, 0.1) is 0 Å². The Morgan fingerprint density at radius 3 is 2.15 bits per heavy atom. The molecule has 0 atom stereocenters. The molecule has 0 N–H and O–H groups in total. The van der Waals surface area contributed by atoms with Gasteiger partial charge < -0.3 is 13.7 Å². The molecule has 2 heterocycles. The Hall–Kier alpha value is -3.60. The van der Waals surface area contributed by atoms with Crippen LogP contribution >= 0.6 is 0 Å². The SMILES string of the molecule is O=C(OCc1cc(-c2ccco2)on1)C(c1ccccc1)c1ccccc1. The molecule has 0 radical (unpaired) electrons. The number of hydrogen-bond donors (Lipinski definition) is 0. The minimum atomic E-state index is -0.496. The molecule has 0 amide bonds. The minimum absolute atomic E-state index is 0.0270. The summed E-state index contributed by atoms with van der Waals surface area (Å²) in [6, 6.07) is 24.4. The topological polar surface area (TPSA) is 65.5 Å². The first kappa shape index (κ1) is 16.8. The van der Waals surface area contributed by atoms with Crippen LogP contribution in [0.5, 0.6) is 0 Å². The molecule has 4 rings (SSSR count). The number of nitrogens with zero attached hydrogens (tertiary/aromatic N) is 1. The van der Waals surface area contributed by atoms with Crippen molar-refractivity contribution >= 4 is 5.97 Å². The lowest BCUT2D eigenvalue weighted by Gasteiger charge is -2.16. The molecule has 0 bridgehead atoms. The lowest BCUT2D eigenvalue weighted by Crippen LogP contribution is -2.17. The average molecular weight is 359 g/mol. The maximum absolute atomic E-state index is 12.9. The molecule has 0 unspecified atom stereocenters. The van der Waals surface area contributed by atoms with E-state index in [4.69, 9.17) is 13.7 Å². The summed E-state index contributed by atoms with van der Waals surface area (Å²) in [6.07, 6.45) is 1.56.